The van der Waals surface area contributed by atoms with E-state index < -0.39 is 24.2 Å². The molecule has 1 aliphatic carbocycles. The van der Waals surface area contributed by atoms with Crippen molar-refractivity contribution in [3.63, 3.8) is 0 Å². The highest BCUT2D eigenvalue weighted by atomic mass is 16.5. The Balaban J connectivity index is 1.24. The Kier molecular flexibility index (Phi) is 7.70. The third-order valence-corrected chi connectivity index (χ3v) is 6.74. The molecule has 2 aromatic carbocycles. The Hall–Kier alpha value is -3.39. The fraction of sp³-hybridized carbons (Fsp3) is 0.444. The maximum absolute atomic E-state index is 12.5. The van der Waals surface area contributed by atoms with Crippen LogP contribution >= 0.6 is 0 Å². The van der Waals surface area contributed by atoms with Gasteiger partial charge in [0.2, 0.25) is 5.91 Å². The second-order valence-corrected chi connectivity index (χ2v) is 9.49. The molecule has 186 valence electrons. The lowest BCUT2D eigenvalue weighted by molar-refractivity contribution is -0.139. The third kappa shape index (κ3) is 5.82. The van der Waals surface area contributed by atoms with E-state index in [9.17, 15) is 14.4 Å². The van der Waals surface area contributed by atoms with E-state index in [1.165, 1.54) is 11.1 Å². The number of amides is 2. The second kappa shape index (κ2) is 10.9. The maximum Gasteiger partial charge on any atom is 0.407 e. The molecular formula is C27H32N2O6. The normalized spacial score (nSPS) is 19.6. The lowest BCUT2D eigenvalue weighted by Crippen LogP contribution is -2.45. The number of nitrogens with one attached hydrogen (secondary N) is 2. The van der Waals surface area contributed by atoms with Gasteiger partial charge in [-0.3, -0.25) is 9.59 Å². The highest BCUT2D eigenvalue weighted by Crippen LogP contribution is 2.44. The summed E-state index contributed by atoms with van der Waals surface area (Å²) in [5.41, 5.74) is 4.64. The number of hydrogen-bond acceptors (Lipinski definition) is 5. The maximum atomic E-state index is 12.5. The van der Waals surface area contributed by atoms with E-state index in [0.29, 0.717) is 12.8 Å². The van der Waals surface area contributed by atoms with E-state index in [0.717, 1.165) is 11.1 Å². The van der Waals surface area contributed by atoms with Crippen molar-refractivity contribution in [1.82, 2.24) is 10.6 Å². The van der Waals surface area contributed by atoms with Crippen LogP contribution in [0.15, 0.2) is 48.5 Å². The van der Waals surface area contributed by atoms with Crippen LogP contribution in [0.3, 0.4) is 0 Å². The second-order valence-electron chi connectivity index (χ2n) is 9.49. The van der Waals surface area contributed by atoms with Crippen LogP contribution in [0.1, 0.15) is 50.2 Å². The van der Waals surface area contributed by atoms with Crippen LogP contribution in [0.5, 0.6) is 0 Å². The molecule has 0 aromatic heterocycles. The molecule has 3 atom stereocenters. The first-order valence-corrected chi connectivity index (χ1v) is 12.1. The molecule has 3 N–H and O–H groups in total. The van der Waals surface area contributed by atoms with E-state index in [1.54, 1.807) is 0 Å². The van der Waals surface area contributed by atoms with Crippen molar-refractivity contribution in [2.24, 2.45) is 5.92 Å². The van der Waals surface area contributed by atoms with Gasteiger partial charge in [-0.1, -0.05) is 62.4 Å². The highest BCUT2D eigenvalue weighted by Gasteiger charge is 2.33. The fourth-order valence-corrected chi connectivity index (χ4v) is 4.81. The summed E-state index contributed by atoms with van der Waals surface area (Å²) in [6, 6.07) is 15.9. The molecule has 0 radical (unpaired) electrons. The molecule has 0 bridgehead atoms. The van der Waals surface area contributed by atoms with E-state index >= 15 is 0 Å². The van der Waals surface area contributed by atoms with Gasteiger partial charge in [0, 0.05) is 18.5 Å². The number of rotatable bonds is 9. The van der Waals surface area contributed by atoms with E-state index in [2.05, 4.69) is 34.9 Å². The fourth-order valence-electron chi connectivity index (χ4n) is 4.81. The average molecular weight is 481 g/mol. The first-order valence-electron chi connectivity index (χ1n) is 12.1. The first kappa shape index (κ1) is 24.7. The van der Waals surface area contributed by atoms with Crippen LogP contribution < -0.4 is 10.6 Å². The van der Waals surface area contributed by atoms with Crippen LogP contribution in [-0.2, 0) is 19.1 Å². The number of carboxylic acids is 1. The summed E-state index contributed by atoms with van der Waals surface area (Å²) in [5.74, 6) is -1.29. The van der Waals surface area contributed by atoms with Crippen molar-refractivity contribution < 1.29 is 29.0 Å². The molecule has 8 heteroatoms. The van der Waals surface area contributed by atoms with Crippen molar-refractivity contribution in [3.05, 3.63) is 59.7 Å². The number of aliphatic carboxylic acids is 1. The average Bonchev–Trinajstić information content (AvgIpc) is 3.44. The Morgan fingerprint density at radius 3 is 2.26 bits per heavy atom. The van der Waals surface area contributed by atoms with Gasteiger partial charge >= 0.3 is 12.1 Å². The number of carboxylic acid groups (broad SMARTS) is 1. The highest BCUT2D eigenvalue weighted by molar-refractivity contribution is 5.82. The summed E-state index contributed by atoms with van der Waals surface area (Å²) in [4.78, 5) is 36.0. The van der Waals surface area contributed by atoms with Crippen molar-refractivity contribution in [2.75, 3.05) is 13.2 Å². The van der Waals surface area contributed by atoms with Crippen molar-refractivity contribution in [3.8, 4) is 11.1 Å². The van der Waals surface area contributed by atoms with Crippen LogP contribution in [0.25, 0.3) is 11.1 Å². The summed E-state index contributed by atoms with van der Waals surface area (Å²) >= 11 is 0. The lowest BCUT2D eigenvalue weighted by atomic mass is 9.98. The number of alkyl carbamates (subject to hydrolysis) is 1. The summed E-state index contributed by atoms with van der Waals surface area (Å²) in [7, 11) is 0. The van der Waals surface area contributed by atoms with Crippen LogP contribution in [0.2, 0.25) is 0 Å². The number of carbonyl (C=O) groups is 3. The third-order valence-electron chi connectivity index (χ3n) is 6.74. The van der Waals surface area contributed by atoms with Gasteiger partial charge in [-0.15, -0.1) is 0 Å². The minimum absolute atomic E-state index is 0.0105. The van der Waals surface area contributed by atoms with Crippen molar-refractivity contribution >= 4 is 18.0 Å². The lowest BCUT2D eigenvalue weighted by Gasteiger charge is -2.23. The van der Waals surface area contributed by atoms with E-state index in [1.807, 2.05) is 38.1 Å². The Morgan fingerprint density at radius 1 is 1.03 bits per heavy atom. The number of fused-ring (bicyclic) bond motifs is 3. The van der Waals surface area contributed by atoms with Gasteiger partial charge in [0.25, 0.3) is 0 Å². The predicted molar refractivity (Wildman–Crippen MR) is 130 cm³/mol. The largest absolute Gasteiger partial charge is 0.481 e. The summed E-state index contributed by atoms with van der Waals surface area (Å²) in [6.45, 7) is 4.20. The number of carbonyl (C=O) groups excluding carboxylic acids is 2. The van der Waals surface area contributed by atoms with E-state index in [-0.39, 0.29) is 43.4 Å². The molecule has 2 aromatic rings. The van der Waals surface area contributed by atoms with E-state index in [4.69, 9.17) is 14.6 Å². The topological polar surface area (TPSA) is 114 Å². The SMILES string of the molecule is CC(C)C(CC(=O)O)NC(=O)C1CCC(CNC(=O)OCC2c3ccccc3-c3ccccc32)O1. The molecule has 0 saturated carbocycles. The summed E-state index contributed by atoms with van der Waals surface area (Å²) in [6.07, 6.45) is -0.483. The summed E-state index contributed by atoms with van der Waals surface area (Å²) < 4.78 is 11.3. The molecule has 8 nitrogen and oxygen atoms in total. The van der Waals surface area contributed by atoms with Crippen molar-refractivity contribution in [2.45, 2.75) is 57.3 Å². The quantitative estimate of drug-likeness (QED) is 0.504. The van der Waals surface area contributed by atoms with Crippen LogP contribution in [0, 0.1) is 5.92 Å². The van der Waals surface area contributed by atoms with Gasteiger partial charge in [-0.25, -0.2) is 4.79 Å². The van der Waals surface area contributed by atoms with Gasteiger partial charge in [0.05, 0.1) is 12.5 Å². The zero-order valence-corrected chi connectivity index (χ0v) is 20.0. The standard InChI is InChI=1S/C27H32N2O6/c1-16(2)23(13-25(30)31)29-26(32)24-12-11-17(35-24)14-28-27(33)34-15-22-20-9-5-3-7-18(20)19-8-4-6-10-21(19)22/h3-10,16-17,22-24H,11-15H2,1-2H3,(H,28,33)(H,29,32)(H,30,31). The summed E-state index contributed by atoms with van der Waals surface area (Å²) in [5, 5.41) is 14.6. The molecule has 1 aliphatic heterocycles. The zero-order chi connectivity index (χ0) is 24.9. The molecule has 0 spiro atoms. The van der Waals surface area contributed by atoms with Gasteiger partial charge < -0.3 is 25.2 Å². The van der Waals surface area contributed by atoms with Gasteiger partial charge in [0.15, 0.2) is 0 Å². The monoisotopic (exact) mass is 480 g/mol. The predicted octanol–water partition coefficient (Wildman–Crippen LogP) is 3.69. The Morgan fingerprint density at radius 2 is 1.66 bits per heavy atom. The number of hydrogen-bond donors (Lipinski definition) is 3. The number of ether oxygens (including phenoxy) is 2. The minimum atomic E-state index is -0.957. The van der Waals surface area contributed by atoms with Gasteiger partial charge in [-0.05, 0) is 41.0 Å². The number of benzene rings is 2. The van der Waals surface area contributed by atoms with Gasteiger partial charge in [-0.2, -0.15) is 0 Å². The molecule has 4 rings (SSSR count). The minimum Gasteiger partial charge on any atom is -0.481 e. The molecule has 2 amide bonds. The molecule has 1 saturated heterocycles. The Labute approximate surface area is 205 Å². The van der Waals surface area contributed by atoms with Crippen molar-refractivity contribution in [1.29, 1.82) is 0 Å². The Bertz CT molecular complexity index is 1040. The van der Waals surface area contributed by atoms with Crippen LogP contribution in [-0.4, -0.2) is 54.5 Å². The molecule has 3 unspecified atom stereocenters. The van der Waals surface area contributed by atoms with Crippen LogP contribution in [0.4, 0.5) is 4.79 Å². The smallest absolute Gasteiger partial charge is 0.407 e. The zero-order valence-electron chi connectivity index (χ0n) is 20.0. The molecule has 35 heavy (non-hydrogen) atoms. The van der Waals surface area contributed by atoms with Gasteiger partial charge in [0.1, 0.15) is 12.7 Å². The molecular weight excluding hydrogens is 448 g/mol. The molecule has 2 aliphatic rings. The molecule has 1 fully saturated rings. The molecule has 1 heterocycles. The first-order chi connectivity index (χ1) is 16.8.